The minimum Gasteiger partial charge on any atom is -0.334 e. The summed E-state index contributed by atoms with van der Waals surface area (Å²) in [5, 5.41) is 5.31. The largest absolute Gasteiger partial charge is 0.334 e. The highest BCUT2D eigenvalue weighted by Gasteiger charge is 2.20. The van der Waals surface area contributed by atoms with Crippen LogP contribution in [0, 0.1) is 12.7 Å². The van der Waals surface area contributed by atoms with Crippen molar-refractivity contribution in [3.63, 3.8) is 0 Å². The van der Waals surface area contributed by atoms with Gasteiger partial charge in [-0.2, -0.15) is 0 Å². The molecule has 3 aromatic rings. The number of sulfone groups is 1. The quantitative estimate of drug-likeness (QED) is 0.685. The summed E-state index contributed by atoms with van der Waals surface area (Å²) in [6, 6.07) is 12.5. The van der Waals surface area contributed by atoms with Gasteiger partial charge >= 0.3 is 6.03 Å². The molecule has 0 saturated carbocycles. The van der Waals surface area contributed by atoms with Crippen LogP contribution in [0.25, 0.3) is 0 Å². The highest BCUT2D eigenvalue weighted by molar-refractivity contribution is 7.91. The fourth-order valence-corrected chi connectivity index (χ4v) is 4.08. The summed E-state index contributed by atoms with van der Waals surface area (Å²) in [4.78, 5) is 15.9. The number of pyridine rings is 1. The van der Waals surface area contributed by atoms with Crippen LogP contribution in [0.2, 0.25) is 0 Å². The Hall–Kier alpha value is -3.26. The van der Waals surface area contributed by atoms with Gasteiger partial charge in [-0.25, -0.2) is 17.6 Å². The number of nitrogens with zero attached hydrogens (tertiary/aromatic N) is 1. The summed E-state index contributed by atoms with van der Waals surface area (Å²) >= 11 is 0. The topological polar surface area (TPSA) is 88.2 Å². The second kappa shape index (κ2) is 8.18. The molecule has 0 bridgehead atoms. The Morgan fingerprint density at radius 3 is 2.54 bits per heavy atom. The number of carbonyl (C=O) groups is 1. The third-order valence-corrected chi connectivity index (χ3v) is 5.95. The Morgan fingerprint density at radius 2 is 1.86 bits per heavy atom. The van der Waals surface area contributed by atoms with Crippen LogP contribution >= 0.6 is 0 Å². The first-order valence-electron chi connectivity index (χ1n) is 8.41. The number of benzene rings is 2. The van der Waals surface area contributed by atoms with E-state index in [1.807, 2.05) is 6.07 Å². The van der Waals surface area contributed by atoms with Crippen LogP contribution < -0.4 is 10.6 Å². The fraction of sp³-hybridized carbons (Fsp3) is 0.100. The summed E-state index contributed by atoms with van der Waals surface area (Å²) in [5.41, 5.74) is 1.74. The zero-order chi connectivity index (χ0) is 20.1. The molecule has 0 atom stereocenters. The van der Waals surface area contributed by atoms with E-state index in [1.54, 1.807) is 25.4 Å². The third-order valence-electron chi connectivity index (χ3n) is 4.04. The van der Waals surface area contributed by atoms with Crippen LogP contribution in [0.1, 0.15) is 11.1 Å². The van der Waals surface area contributed by atoms with Gasteiger partial charge in [0.2, 0.25) is 9.84 Å². The molecule has 0 fully saturated rings. The Bertz CT molecular complexity index is 1090. The Kier molecular flexibility index (Phi) is 5.70. The van der Waals surface area contributed by atoms with Gasteiger partial charge in [0.15, 0.2) is 0 Å². The van der Waals surface area contributed by atoms with Crippen molar-refractivity contribution in [3.05, 3.63) is 83.9 Å². The third kappa shape index (κ3) is 4.52. The molecule has 3 rings (SSSR count). The van der Waals surface area contributed by atoms with Gasteiger partial charge < -0.3 is 10.6 Å². The number of aryl methyl sites for hydroxylation is 1. The summed E-state index contributed by atoms with van der Waals surface area (Å²) in [6.45, 7) is 1.92. The monoisotopic (exact) mass is 399 g/mol. The molecule has 2 N–H and O–H groups in total. The SMILES string of the molecule is Cc1ccc(F)cc1S(=O)(=O)c1ccc(NC(=O)NCc2cccnc2)cc1. The Labute approximate surface area is 162 Å². The molecule has 1 heterocycles. The number of rotatable bonds is 5. The number of carbonyl (C=O) groups excluding carboxylic acids is 1. The first-order valence-corrected chi connectivity index (χ1v) is 9.89. The standard InChI is InChI=1S/C20H18FN3O3S/c1-14-4-5-16(21)11-19(14)28(26,27)18-8-6-17(7-9-18)24-20(25)23-13-15-3-2-10-22-12-15/h2-12H,13H2,1H3,(H2,23,24,25). The smallest absolute Gasteiger partial charge is 0.319 e. The number of hydrogen-bond donors (Lipinski definition) is 2. The van der Waals surface area contributed by atoms with Crippen LogP contribution in [0.4, 0.5) is 14.9 Å². The van der Waals surface area contributed by atoms with Gasteiger partial charge in [0.25, 0.3) is 0 Å². The zero-order valence-corrected chi connectivity index (χ0v) is 15.8. The Balaban J connectivity index is 1.69. The molecule has 0 aliphatic heterocycles. The first-order chi connectivity index (χ1) is 13.4. The minimum absolute atomic E-state index is 0.0162. The molecule has 1 aromatic heterocycles. The van der Waals surface area contributed by atoms with Crippen LogP contribution in [0.15, 0.2) is 76.8 Å². The lowest BCUT2D eigenvalue weighted by Gasteiger charge is -2.10. The van der Waals surface area contributed by atoms with Gasteiger partial charge in [0.05, 0.1) is 9.79 Å². The molecule has 8 heteroatoms. The van der Waals surface area contributed by atoms with Crippen LogP contribution in [-0.2, 0) is 16.4 Å². The number of hydrogen-bond acceptors (Lipinski definition) is 4. The number of nitrogens with one attached hydrogen (secondary N) is 2. The maximum Gasteiger partial charge on any atom is 0.319 e. The van der Waals surface area contributed by atoms with E-state index < -0.39 is 21.7 Å². The summed E-state index contributed by atoms with van der Waals surface area (Å²) in [6.07, 6.45) is 3.29. The number of urea groups is 1. The molecule has 28 heavy (non-hydrogen) atoms. The maximum atomic E-state index is 13.5. The lowest BCUT2D eigenvalue weighted by Crippen LogP contribution is -2.28. The normalized spacial score (nSPS) is 11.1. The van der Waals surface area contributed by atoms with Crippen LogP contribution in [0.3, 0.4) is 0 Å². The van der Waals surface area contributed by atoms with Crippen molar-refractivity contribution in [2.24, 2.45) is 0 Å². The van der Waals surface area contributed by atoms with Crippen LogP contribution in [0.5, 0.6) is 0 Å². The van der Waals surface area contributed by atoms with Crippen molar-refractivity contribution in [3.8, 4) is 0 Å². The molecular weight excluding hydrogens is 381 g/mol. The highest BCUT2D eigenvalue weighted by Crippen LogP contribution is 2.25. The molecule has 0 spiro atoms. The molecule has 6 nitrogen and oxygen atoms in total. The van der Waals surface area contributed by atoms with Crippen molar-refractivity contribution in [2.45, 2.75) is 23.3 Å². The predicted molar refractivity (Wildman–Crippen MR) is 103 cm³/mol. The van der Waals surface area contributed by atoms with E-state index in [4.69, 9.17) is 0 Å². The first kappa shape index (κ1) is 19.5. The lowest BCUT2D eigenvalue weighted by molar-refractivity contribution is 0.251. The maximum absolute atomic E-state index is 13.5. The van der Waals surface area contributed by atoms with E-state index in [0.717, 1.165) is 11.6 Å². The van der Waals surface area contributed by atoms with Gasteiger partial charge in [0.1, 0.15) is 5.82 Å². The van der Waals surface area contributed by atoms with E-state index >= 15 is 0 Å². The molecule has 2 amide bonds. The van der Waals surface area contributed by atoms with E-state index in [0.29, 0.717) is 17.8 Å². The number of anilines is 1. The predicted octanol–water partition coefficient (Wildman–Crippen LogP) is 3.68. The Morgan fingerprint density at radius 1 is 1.11 bits per heavy atom. The van der Waals surface area contributed by atoms with Crippen molar-refractivity contribution in [1.29, 1.82) is 0 Å². The molecule has 0 saturated heterocycles. The summed E-state index contributed by atoms with van der Waals surface area (Å²) in [5.74, 6) is -0.618. The summed E-state index contributed by atoms with van der Waals surface area (Å²) < 4.78 is 38.9. The fourth-order valence-electron chi connectivity index (χ4n) is 2.57. The minimum atomic E-state index is -3.86. The zero-order valence-electron chi connectivity index (χ0n) is 15.0. The van der Waals surface area contributed by atoms with Crippen LogP contribution in [-0.4, -0.2) is 19.4 Å². The van der Waals surface area contributed by atoms with Gasteiger partial charge in [-0.1, -0.05) is 12.1 Å². The van der Waals surface area contributed by atoms with Gasteiger partial charge in [0, 0.05) is 24.6 Å². The van der Waals surface area contributed by atoms with Gasteiger partial charge in [-0.05, 0) is 60.5 Å². The molecule has 0 aliphatic carbocycles. The van der Waals surface area contributed by atoms with Crippen molar-refractivity contribution in [2.75, 3.05) is 5.32 Å². The molecule has 0 radical (unpaired) electrons. The van der Waals surface area contributed by atoms with E-state index in [1.165, 1.54) is 36.4 Å². The second-order valence-electron chi connectivity index (χ2n) is 6.11. The second-order valence-corrected chi connectivity index (χ2v) is 8.02. The van der Waals surface area contributed by atoms with Crippen molar-refractivity contribution in [1.82, 2.24) is 10.3 Å². The van der Waals surface area contributed by atoms with Crippen molar-refractivity contribution >= 4 is 21.6 Å². The molecule has 144 valence electrons. The van der Waals surface area contributed by atoms with E-state index in [-0.39, 0.29) is 9.79 Å². The van der Waals surface area contributed by atoms with Crippen molar-refractivity contribution < 1.29 is 17.6 Å². The van der Waals surface area contributed by atoms with Gasteiger partial charge in [-0.3, -0.25) is 4.98 Å². The highest BCUT2D eigenvalue weighted by atomic mass is 32.2. The average molecular weight is 399 g/mol. The van der Waals surface area contributed by atoms with Gasteiger partial charge in [-0.15, -0.1) is 0 Å². The number of aromatic nitrogens is 1. The number of amides is 2. The van der Waals surface area contributed by atoms with E-state index in [2.05, 4.69) is 15.6 Å². The number of halogens is 1. The average Bonchev–Trinajstić information content (AvgIpc) is 2.69. The summed E-state index contributed by atoms with van der Waals surface area (Å²) in [7, 11) is -3.86. The molecule has 2 aromatic carbocycles. The lowest BCUT2D eigenvalue weighted by atomic mass is 10.2. The molecular formula is C20H18FN3O3S. The van der Waals surface area contributed by atoms with E-state index in [9.17, 15) is 17.6 Å². The molecule has 0 aliphatic rings. The molecule has 0 unspecified atom stereocenters.